The molecular weight excluding hydrogens is 509 g/mol. The number of carbonyl (C=O) groups excluding carboxylic acids is 2. The highest BCUT2D eigenvalue weighted by Crippen LogP contribution is 2.32. The number of nitrogens with zero attached hydrogens (tertiary/aromatic N) is 1. The molecule has 0 saturated carbocycles. The van der Waals surface area contributed by atoms with Crippen molar-refractivity contribution in [3.8, 4) is 11.5 Å². The molecule has 1 heterocycles. The third-order valence-electron chi connectivity index (χ3n) is 5.24. The number of carboxylic acids is 3. The molecular formula is C22H27F3N2O10. The van der Waals surface area contributed by atoms with E-state index in [1.54, 1.807) is 0 Å². The van der Waals surface area contributed by atoms with E-state index < -0.39 is 48.1 Å². The van der Waals surface area contributed by atoms with Gasteiger partial charge in [-0.05, 0) is 44.0 Å². The van der Waals surface area contributed by atoms with E-state index in [9.17, 15) is 37.5 Å². The summed E-state index contributed by atoms with van der Waals surface area (Å²) in [4.78, 5) is 58.0. The number of Topliss-reactive ketones (excluding diaryl/α,β-unsaturated/α-hetero) is 1. The highest BCUT2D eigenvalue weighted by atomic mass is 19.4. The fourth-order valence-electron chi connectivity index (χ4n) is 3.31. The molecule has 1 saturated heterocycles. The summed E-state index contributed by atoms with van der Waals surface area (Å²) in [5, 5.41) is 29.0. The fraction of sp³-hybridized carbons (Fsp3) is 0.500. The number of hydrogen-bond donors (Lipinski definition) is 4. The maximum Gasteiger partial charge on any atom is 0.490 e. The summed E-state index contributed by atoms with van der Waals surface area (Å²) < 4.78 is 42.4. The van der Waals surface area contributed by atoms with E-state index in [0.717, 1.165) is 37.8 Å². The van der Waals surface area contributed by atoms with Gasteiger partial charge < -0.3 is 30.1 Å². The van der Waals surface area contributed by atoms with Crippen LogP contribution in [0.4, 0.5) is 13.2 Å². The average molecular weight is 536 g/mol. The van der Waals surface area contributed by atoms with E-state index in [1.165, 1.54) is 31.3 Å². The third-order valence-corrected chi connectivity index (χ3v) is 5.24. The van der Waals surface area contributed by atoms with Gasteiger partial charge in [-0.15, -0.1) is 0 Å². The first-order valence-corrected chi connectivity index (χ1v) is 10.8. The number of hydrogen-bond acceptors (Lipinski definition) is 8. The van der Waals surface area contributed by atoms with Crippen LogP contribution in [-0.4, -0.2) is 88.5 Å². The first-order chi connectivity index (χ1) is 17.1. The molecule has 2 rings (SSSR count). The van der Waals surface area contributed by atoms with Crippen molar-refractivity contribution in [3.63, 3.8) is 0 Å². The molecule has 0 aromatic heterocycles. The van der Waals surface area contributed by atoms with Crippen LogP contribution in [0.25, 0.3) is 0 Å². The zero-order valence-corrected chi connectivity index (χ0v) is 19.9. The zero-order chi connectivity index (χ0) is 28.4. The Hall–Kier alpha value is -3.88. The van der Waals surface area contributed by atoms with Crippen LogP contribution in [0.5, 0.6) is 11.5 Å². The second-order valence-corrected chi connectivity index (χ2v) is 7.89. The Morgan fingerprint density at radius 3 is 1.95 bits per heavy atom. The predicted molar refractivity (Wildman–Crippen MR) is 118 cm³/mol. The Morgan fingerprint density at radius 1 is 1.00 bits per heavy atom. The number of alkyl halides is 3. The Bertz CT molecular complexity index is 979. The molecule has 1 aliphatic rings. The molecule has 1 atom stereocenters. The van der Waals surface area contributed by atoms with Crippen LogP contribution in [0.3, 0.4) is 0 Å². The molecule has 0 bridgehead atoms. The van der Waals surface area contributed by atoms with E-state index in [0.29, 0.717) is 0 Å². The Balaban J connectivity index is 0.000000856. The summed E-state index contributed by atoms with van der Waals surface area (Å²) in [7, 11) is 1.21. The van der Waals surface area contributed by atoms with Crippen molar-refractivity contribution >= 4 is 29.6 Å². The van der Waals surface area contributed by atoms with Crippen LogP contribution >= 0.6 is 0 Å². The number of ether oxygens (including phenoxy) is 2. The molecule has 0 radical (unpaired) electrons. The third kappa shape index (κ3) is 8.93. The normalized spacial score (nSPS) is 15.3. The van der Waals surface area contributed by atoms with E-state index in [4.69, 9.17) is 24.5 Å². The molecule has 1 aromatic rings. The van der Waals surface area contributed by atoms with Crippen molar-refractivity contribution in [2.24, 2.45) is 5.92 Å². The van der Waals surface area contributed by atoms with Crippen LogP contribution in [0.1, 0.15) is 26.2 Å². The molecule has 0 aliphatic carbocycles. The first-order valence-electron chi connectivity index (χ1n) is 10.8. The molecule has 1 fully saturated rings. The molecule has 4 N–H and O–H groups in total. The summed E-state index contributed by atoms with van der Waals surface area (Å²) in [5.41, 5.74) is -2.62. The SMILES string of the molecule is CC(=O)C(Oc1ccccc1OCC(=O)O)(C(=O)O)N(C)C(=O)CC1CCNCC1.O=C(O)C(F)(F)F. The molecule has 37 heavy (non-hydrogen) atoms. The highest BCUT2D eigenvalue weighted by molar-refractivity contribution is 6.08. The lowest BCUT2D eigenvalue weighted by molar-refractivity contribution is -0.192. The van der Waals surface area contributed by atoms with Crippen molar-refractivity contribution in [1.29, 1.82) is 0 Å². The Kier molecular flexibility index (Phi) is 11.3. The van der Waals surface area contributed by atoms with Crippen LogP contribution < -0.4 is 14.8 Å². The van der Waals surface area contributed by atoms with Gasteiger partial charge in [0.2, 0.25) is 11.7 Å². The number of benzene rings is 1. The Labute approximate surface area is 208 Å². The molecule has 12 nitrogen and oxygen atoms in total. The second kappa shape index (κ2) is 13.4. The van der Waals surface area contributed by atoms with Crippen LogP contribution in [0, 0.1) is 5.92 Å². The van der Waals surface area contributed by atoms with Crippen LogP contribution in [-0.2, 0) is 24.0 Å². The number of halogens is 3. The van der Waals surface area contributed by atoms with Gasteiger partial charge in [-0.2, -0.15) is 13.2 Å². The van der Waals surface area contributed by atoms with Gasteiger partial charge in [0.1, 0.15) is 0 Å². The van der Waals surface area contributed by atoms with E-state index in [2.05, 4.69) is 5.32 Å². The van der Waals surface area contributed by atoms with Gasteiger partial charge in [0, 0.05) is 20.4 Å². The molecule has 1 aromatic carbocycles. The summed E-state index contributed by atoms with van der Waals surface area (Å²) in [5.74, 6) is -7.27. The number of rotatable bonds is 10. The van der Waals surface area contributed by atoms with Crippen LogP contribution in [0.15, 0.2) is 24.3 Å². The lowest BCUT2D eigenvalue weighted by atomic mass is 9.93. The van der Waals surface area contributed by atoms with Gasteiger partial charge in [0.15, 0.2) is 18.1 Å². The number of amides is 1. The number of likely N-dealkylation sites (N-methyl/N-ethyl adjacent to an activating group) is 1. The molecule has 1 unspecified atom stereocenters. The maximum absolute atomic E-state index is 12.9. The van der Waals surface area contributed by atoms with Gasteiger partial charge in [-0.1, -0.05) is 12.1 Å². The number of carboxylic acid groups (broad SMARTS) is 3. The maximum atomic E-state index is 12.9. The van der Waals surface area contributed by atoms with Crippen molar-refractivity contribution < 1.29 is 61.9 Å². The zero-order valence-electron chi connectivity index (χ0n) is 19.9. The van der Waals surface area contributed by atoms with Gasteiger partial charge >= 0.3 is 29.8 Å². The smallest absolute Gasteiger partial charge is 0.479 e. The minimum absolute atomic E-state index is 0.0639. The number of aliphatic carboxylic acids is 3. The summed E-state index contributed by atoms with van der Waals surface area (Å²) in [6.07, 6.45) is -3.46. The topological polar surface area (TPSA) is 180 Å². The van der Waals surface area contributed by atoms with E-state index in [1.807, 2.05) is 0 Å². The standard InChI is InChI=1S/C20H26N2O8.C2HF3O2/c1-13(23)20(19(27)28,22(2)17(24)11-14-7-9-21-10-8-14)30-16-6-4-3-5-15(16)29-12-18(25)26;3-2(4,5)1(6)7/h3-6,14,21H,7-12H2,1-2H3,(H,25,26)(H,27,28);(H,6,7). The van der Waals surface area contributed by atoms with Gasteiger partial charge in [0.25, 0.3) is 0 Å². The monoisotopic (exact) mass is 536 g/mol. The highest BCUT2D eigenvalue weighted by Gasteiger charge is 2.53. The molecule has 15 heteroatoms. The quantitative estimate of drug-likeness (QED) is 0.251. The number of nitrogens with one attached hydrogen (secondary N) is 1. The first kappa shape index (κ1) is 31.2. The van der Waals surface area contributed by atoms with Crippen molar-refractivity contribution in [2.75, 3.05) is 26.7 Å². The largest absolute Gasteiger partial charge is 0.490 e. The second-order valence-electron chi connectivity index (χ2n) is 7.89. The average Bonchev–Trinajstić information content (AvgIpc) is 2.81. The van der Waals surface area contributed by atoms with Crippen molar-refractivity contribution in [3.05, 3.63) is 24.3 Å². The van der Waals surface area contributed by atoms with E-state index >= 15 is 0 Å². The minimum Gasteiger partial charge on any atom is -0.479 e. The molecule has 1 amide bonds. The molecule has 0 spiro atoms. The lowest BCUT2D eigenvalue weighted by Gasteiger charge is -2.37. The van der Waals surface area contributed by atoms with Crippen molar-refractivity contribution in [1.82, 2.24) is 10.2 Å². The van der Waals surface area contributed by atoms with Gasteiger partial charge in [-0.25, -0.2) is 14.4 Å². The van der Waals surface area contributed by atoms with E-state index in [-0.39, 0.29) is 23.8 Å². The molecule has 206 valence electrons. The summed E-state index contributed by atoms with van der Waals surface area (Å²) >= 11 is 0. The molecule has 1 aliphatic heterocycles. The number of para-hydroxylation sites is 2. The van der Waals surface area contributed by atoms with Crippen molar-refractivity contribution in [2.45, 2.75) is 38.1 Å². The minimum atomic E-state index is -5.08. The summed E-state index contributed by atoms with van der Waals surface area (Å²) in [6.45, 7) is 1.86. The van der Waals surface area contributed by atoms with Crippen LogP contribution in [0.2, 0.25) is 0 Å². The Morgan fingerprint density at radius 2 is 1.51 bits per heavy atom. The number of piperidine rings is 1. The number of ketones is 1. The summed E-state index contributed by atoms with van der Waals surface area (Å²) in [6, 6.07) is 5.75. The number of carbonyl (C=O) groups is 5. The lowest BCUT2D eigenvalue weighted by Crippen LogP contribution is -2.64. The predicted octanol–water partition coefficient (Wildman–Crippen LogP) is 1.38. The fourth-order valence-corrected chi connectivity index (χ4v) is 3.31. The van der Waals surface area contributed by atoms with Gasteiger partial charge in [0.05, 0.1) is 0 Å². The van der Waals surface area contributed by atoms with Gasteiger partial charge in [-0.3, -0.25) is 14.5 Å².